The molecule has 5 fully saturated rings. The number of hydrogen-bond acceptors (Lipinski definition) is 7. The minimum atomic E-state index is -1.47. The largest absolute Gasteiger partial charge is 0.458 e. The minimum absolute atomic E-state index is 0.189. The highest BCUT2D eigenvalue weighted by molar-refractivity contribution is 5.91. The second kappa shape index (κ2) is 3.07. The van der Waals surface area contributed by atoms with Crippen molar-refractivity contribution in [3.63, 3.8) is 0 Å². The highest BCUT2D eigenvalue weighted by Crippen LogP contribution is 2.77. The van der Waals surface area contributed by atoms with Crippen LogP contribution in [-0.2, 0) is 23.8 Å². The van der Waals surface area contributed by atoms with Crippen LogP contribution in [0.15, 0.2) is 0 Å². The maximum absolute atomic E-state index is 12.4. The minimum Gasteiger partial charge on any atom is -0.458 e. The lowest BCUT2D eigenvalue weighted by molar-refractivity contribution is -0.223. The summed E-state index contributed by atoms with van der Waals surface area (Å²) in [6, 6.07) is 0. The molecule has 22 heavy (non-hydrogen) atoms. The van der Waals surface area contributed by atoms with Gasteiger partial charge in [0.05, 0.1) is 22.5 Å². The van der Waals surface area contributed by atoms with Crippen LogP contribution >= 0.6 is 0 Å². The summed E-state index contributed by atoms with van der Waals surface area (Å²) in [5.41, 5.74) is -4.89. The van der Waals surface area contributed by atoms with E-state index in [0.29, 0.717) is 0 Å². The fourth-order valence-corrected chi connectivity index (χ4v) is 5.83. The molecule has 7 heteroatoms. The number of rotatable bonds is 1. The van der Waals surface area contributed by atoms with Crippen molar-refractivity contribution in [1.82, 2.24) is 0 Å². The monoisotopic (exact) mass is 310 g/mol. The molecule has 3 saturated heterocycles. The number of fused-ring (bicyclic) bond motifs is 4. The molecular formula is C15H18O7. The average molecular weight is 310 g/mol. The summed E-state index contributed by atoms with van der Waals surface area (Å²) < 4.78 is 16.5. The second-order valence-corrected chi connectivity index (χ2v) is 8.06. The smallest absolute Gasteiger partial charge is 0.342 e. The molecule has 0 radical (unpaired) electrons. The van der Waals surface area contributed by atoms with E-state index in [-0.39, 0.29) is 6.42 Å². The highest BCUT2D eigenvalue weighted by atomic mass is 16.7. The maximum Gasteiger partial charge on any atom is 0.342 e. The van der Waals surface area contributed by atoms with Crippen molar-refractivity contribution in [2.75, 3.05) is 0 Å². The summed E-state index contributed by atoms with van der Waals surface area (Å²) in [6.07, 6.45) is -1.78. The van der Waals surface area contributed by atoms with Crippen molar-refractivity contribution in [2.24, 2.45) is 17.3 Å². The molecule has 2 aliphatic carbocycles. The molecule has 0 aromatic rings. The summed E-state index contributed by atoms with van der Waals surface area (Å²) >= 11 is 0. The predicted octanol–water partition coefficient (Wildman–Crippen LogP) is -0.867. The first kappa shape index (κ1) is 13.3. The summed E-state index contributed by atoms with van der Waals surface area (Å²) in [4.78, 5) is 24.8. The lowest BCUT2D eigenvalue weighted by Gasteiger charge is -2.53. The fourth-order valence-electron chi connectivity index (χ4n) is 5.83. The Morgan fingerprint density at radius 3 is 2.59 bits per heavy atom. The number of ether oxygens (including phenoxy) is 3. The molecule has 8 atom stereocenters. The number of hydrogen-bond donors (Lipinski definition) is 2. The second-order valence-electron chi connectivity index (χ2n) is 8.06. The lowest BCUT2D eigenvalue weighted by atomic mass is 9.52. The van der Waals surface area contributed by atoms with E-state index in [9.17, 15) is 19.8 Å². The van der Waals surface area contributed by atoms with Gasteiger partial charge in [0.15, 0.2) is 6.10 Å². The zero-order chi connectivity index (χ0) is 15.9. The van der Waals surface area contributed by atoms with Crippen LogP contribution in [0.2, 0.25) is 0 Å². The Labute approximate surface area is 126 Å². The summed E-state index contributed by atoms with van der Waals surface area (Å²) in [6.45, 7) is 4.92. The molecule has 5 rings (SSSR count). The normalized spacial score (nSPS) is 60.7. The fraction of sp³-hybridized carbons (Fsp3) is 0.867. The van der Waals surface area contributed by atoms with Gasteiger partial charge in [-0.3, -0.25) is 4.79 Å². The first-order valence-electron chi connectivity index (χ1n) is 7.63. The Kier molecular flexibility index (Phi) is 1.85. The Morgan fingerprint density at radius 1 is 1.27 bits per heavy atom. The van der Waals surface area contributed by atoms with Crippen molar-refractivity contribution in [3.05, 3.63) is 0 Å². The van der Waals surface area contributed by atoms with Gasteiger partial charge in [-0.25, -0.2) is 4.79 Å². The molecule has 0 aromatic heterocycles. The van der Waals surface area contributed by atoms with Gasteiger partial charge in [0.1, 0.15) is 12.2 Å². The molecule has 1 spiro atoms. The van der Waals surface area contributed by atoms with Gasteiger partial charge < -0.3 is 24.4 Å². The van der Waals surface area contributed by atoms with Gasteiger partial charge in [0, 0.05) is 12.3 Å². The van der Waals surface area contributed by atoms with Crippen LogP contribution in [0.25, 0.3) is 0 Å². The molecule has 3 heterocycles. The standard InChI is InChI=1S/C15H18O7/c1-12(2,18)6-7-10(16)20-8(6)9-13(3)14(7,19)4-5-15(13,22-5)11(17)21-9/h5-9,18-19H,4H2,1-3H3/t5-,6-,7-,8-,9-,13-,14-,15?/m1/s1. The van der Waals surface area contributed by atoms with Crippen LogP contribution in [0, 0.1) is 17.3 Å². The first-order chi connectivity index (χ1) is 10.1. The van der Waals surface area contributed by atoms with Gasteiger partial charge in [0.2, 0.25) is 5.60 Å². The van der Waals surface area contributed by atoms with E-state index in [1.54, 1.807) is 20.8 Å². The van der Waals surface area contributed by atoms with E-state index in [0.717, 1.165) is 0 Å². The van der Waals surface area contributed by atoms with Crippen molar-refractivity contribution < 1.29 is 34.0 Å². The third-order valence-electron chi connectivity index (χ3n) is 6.85. The Bertz CT molecular complexity index is 638. The number of esters is 2. The molecule has 2 saturated carbocycles. The SMILES string of the molecule is CC(C)(O)[C@H]1[C@H]2OC(=O)[C@@H]1[C@]1(O)C[C@H]3OC34C(=O)O[C@H]2[C@@]41C. The molecule has 1 unspecified atom stereocenters. The van der Waals surface area contributed by atoms with Crippen LogP contribution < -0.4 is 0 Å². The zero-order valence-corrected chi connectivity index (χ0v) is 12.5. The molecule has 2 N–H and O–H groups in total. The molecule has 2 bridgehead atoms. The van der Waals surface area contributed by atoms with Crippen LogP contribution in [0.5, 0.6) is 0 Å². The van der Waals surface area contributed by atoms with Crippen molar-refractivity contribution in [2.45, 2.75) is 62.3 Å². The third kappa shape index (κ3) is 0.962. The van der Waals surface area contributed by atoms with Crippen molar-refractivity contribution >= 4 is 11.9 Å². The van der Waals surface area contributed by atoms with Gasteiger partial charge in [-0.05, 0) is 20.8 Å². The van der Waals surface area contributed by atoms with Gasteiger partial charge in [-0.15, -0.1) is 0 Å². The summed E-state index contributed by atoms with van der Waals surface area (Å²) in [7, 11) is 0. The van der Waals surface area contributed by atoms with Gasteiger partial charge in [-0.2, -0.15) is 0 Å². The van der Waals surface area contributed by atoms with Crippen LogP contribution in [0.3, 0.4) is 0 Å². The molecule has 3 aliphatic heterocycles. The lowest BCUT2D eigenvalue weighted by Crippen LogP contribution is -2.68. The number of aliphatic hydroxyl groups is 2. The highest BCUT2D eigenvalue weighted by Gasteiger charge is 2.95. The molecule has 0 aromatic carbocycles. The zero-order valence-electron chi connectivity index (χ0n) is 12.5. The summed E-state index contributed by atoms with van der Waals surface area (Å²) in [5.74, 6) is -2.51. The van der Waals surface area contributed by atoms with Crippen LogP contribution in [0.1, 0.15) is 27.2 Å². The molecular weight excluding hydrogens is 292 g/mol. The van der Waals surface area contributed by atoms with Gasteiger partial charge in [0.25, 0.3) is 0 Å². The molecule has 5 aliphatic rings. The quantitative estimate of drug-likeness (QED) is 0.479. The van der Waals surface area contributed by atoms with E-state index in [4.69, 9.17) is 14.2 Å². The van der Waals surface area contributed by atoms with E-state index < -0.39 is 64.3 Å². The predicted molar refractivity (Wildman–Crippen MR) is 68.3 cm³/mol. The molecule has 7 nitrogen and oxygen atoms in total. The molecule has 120 valence electrons. The average Bonchev–Trinajstić information content (AvgIpc) is 2.85. The van der Waals surface area contributed by atoms with Crippen LogP contribution in [-0.4, -0.2) is 57.3 Å². The van der Waals surface area contributed by atoms with Crippen molar-refractivity contribution in [1.29, 1.82) is 0 Å². The van der Waals surface area contributed by atoms with Crippen LogP contribution in [0.4, 0.5) is 0 Å². The third-order valence-corrected chi connectivity index (χ3v) is 6.85. The van der Waals surface area contributed by atoms with E-state index in [1.165, 1.54) is 0 Å². The Hall–Kier alpha value is -1.18. The molecule has 0 amide bonds. The number of epoxide rings is 1. The first-order valence-corrected chi connectivity index (χ1v) is 7.63. The topological polar surface area (TPSA) is 106 Å². The van der Waals surface area contributed by atoms with E-state index >= 15 is 0 Å². The van der Waals surface area contributed by atoms with E-state index in [1.807, 2.05) is 0 Å². The van der Waals surface area contributed by atoms with E-state index in [2.05, 4.69) is 0 Å². The Morgan fingerprint density at radius 2 is 1.95 bits per heavy atom. The number of carbonyl (C=O) groups excluding carboxylic acids is 2. The van der Waals surface area contributed by atoms with Crippen molar-refractivity contribution in [3.8, 4) is 0 Å². The van der Waals surface area contributed by atoms with Gasteiger partial charge >= 0.3 is 11.9 Å². The Balaban J connectivity index is 1.76. The van der Waals surface area contributed by atoms with Gasteiger partial charge in [-0.1, -0.05) is 0 Å². The number of carbonyl (C=O) groups is 2. The maximum atomic E-state index is 12.4. The summed E-state index contributed by atoms with van der Waals surface area (Å²) in [5, 5.41) is 21.9.